The SMILES string of the molecule is CCC(CC)NC(CC)CCNc1nc2ccccc2cc1C(=O)NC(C)N. The van der Waals surface area contributed by atoms with Crippen molar-refractivity contribution in [2.24, 2.45) is 5.73 Å². The van der Waals surface area contributed by atoms with Gasteiger partial charge in [0, 0.05) is 24.0 Å². The van der Waals surface area contributed by atoms with Crippen molar-refractivity contribution in [2.75, 3.05) is 11.9 Å². The van der Waals surface area contributed by atoms with Crippen LogP contribution < -0.4 is 21.7 Å². The summed E-state index contributed by atoms with van der Waals surface area (Å²) in [6.07, 6.45) is 3.89. The standard InChI is InChI=1S/C22H35N5O/c1-5-17(6-2)26-18(7-3)12-13-24-21-19(22(28)25-15(4)23)14-16-10-8-9-11-20(16)27-21/h8-11,14-15,17-18,26H,5-7,12-13,23H2,1-4H3,(H,24,27)(H,25,28). The number of hydrogen-bond donors (Lipinski definition) is 4. The predicted molar refractivity (Wildman–Crippen MR) is 118 cm³/mol. The second-order valence-corrected chi connectivity index (χ2v) is 7.34. The molecule has 2 atom stereocenters. The van der Waals surface area contributed by atoms with Gasteiger partial charge < -0.3 is 21.7 Å². The van der Waals surface area contributed by atoms with E-state index < -0.39 is 6.17 Å². The molecule has 0 saturated carbocycles. The van der Waals surface area contributed by atoms with Gasteiger partial charge in [0.15, 0.2) is 0 Å². The lowest BCUT2D eigenvalue weighted by Crippen LogP contribution is -2.39. The minimum atomic E-state index is -0.416. The highest BCUT2D eigenvalue weighted by Crippen LogP contribution is 2.21. The van der Waals surface area contributed by atoms with E-state index in [-0.39, 0.29) is 5.91 Å². The number of anilines is 1. The monoisotopic (exact) mass is 385 g/mol. The molecule has 0 saturated heterocycles. The molecule has 0 aliphatic carbocycles. The Morgan fingerprint density at radius 2 is 1.79 bits per heavy atom. The van der Waals surface area contributed by atoms with Crippen LogP contribution in [-0.2, 0) is 0 Å². The minimum Gasteiger partial charge on any atom is -0.369 e. The summed E-state index contributed by atoms with van der Waals surface area (Å²) >= 11 is 0. The third-order valence-electron chi connectivity index (χ3n) is 5.06. The lowest BCUT2D eigenvalue weighted by atomic mass is 10.1. The number of nitrogens with two attached hydrogens (primary N) is 1. The molecule has 1 heterocycles. The Hall–Kier alpha value is -2.18. The highest BCUT2D eigenvalue weighted by Gasteiger charge is 2.16. The van der Waals surface area contributed by atoms with Crippen LogP contribution in [0.4, 0.5) is 5.82 Å². The van der Waals surface area contributed by atoms with Gasteiger partial charge in [-0.1, -0.05) is 39.0 Å². The summed E-state index contributed by atoms with van der Waals surface area (Å²) < 4.78 is 0. The first-order valence-electron chi connectivity index (χ1n) is 10.4. The highest BCUT2D eigenvalue weighted by atomic mass is 16.1. The second-order valence-electron chi connectivity index (χ2n) is 7.34. The molecule has 0 bridgehead atoms. The number of amides is 1. The van der Waals surface area contributed by atoms with Gasteiger partial charge in [0.1, 0.15) is 5.82 Å². The van der Waals surface area contributed by atoms with E-state index in [1.54, 1.807) is 6.92 Å². The van der Waals surface area contributed by atoms with Gasteiger partial charge in [-0.25, -0.2) is 4.98 Å². The number of para-hydroxylation sites is 1. The van der Waals surface area contributed by atoms with Crippen molar-refractivity contribution >= 4 is 22.6 Å². The topological polar surface area (TPSA) is 92.1 Å². The third-order valence-corrected chi connectivity index (χ3v) is 5.06. The summed E-state index contributed by atoms with van der Waals surface area (Å²) in [5.41, 5.74) is 7.13. The number of carbonyl (C=O) groups excluding carboxylic acids is 1. The molecule has 1 aromatic heterocycles. The van der Waals surface area contributed by atoms with E-state index in [4.69, 9.17) is 5.73 Å². The third kappa shape index (κ3) is 6.17. The summed E-state index contributed by atoms with van der Waals surface area (Å²) in [6.45, 7) is 9.13. The molecule has 0 radical (unpaired) electrons. The molecule has 1 amide bonds. The summed E-state index contributed by atoms with van der Waals surface area (Å²) in [5, 5.41) is 10.8. The zero-order valence-corrected chi connectivity index (χ0v) is 17.6. The van der Waals surface area contributed by atoms with Gasteiger partial charge in [-0.15, -0.1) is 0 Å². The van der Waals surface area contributed by atoms with Crippen molar-refractivity contribution in [3.8, 4) is 0 Å². The Morgan fingerprint density at radius 1 is 1.11 bits per heavy atom. The van der Waals surface area contributed by atoms with Crippen molar-refractivity contribution < 1.29 is 4.79 Å². The lowest BCUT2D eigenvalue weighted by molar-refractivity contribution is 0.0942. The van der Waals surface area contributed by atoms with E-state index in [0.29, 0.717) is 23.5 Å². The number of benzene rings is 1. The number of nitrogens with one attached hydrogen (secondary N) is 3. The van der Waals surface area contributed by atoms with Crippen LogP contribution in [0, 0.1) is 0 Å². The van der Waals surface area contributed by atoms with Crippen molar-refractivity contribution in [3.63, 3.8) is 0 Å². The Balaban J connectivity index is 2.14. The first kappa shape index (κ1) is 22.1. The van der Waals surface area contributed by atoms with Gasteiger partial charge in [0.25, 0.3) is 5.91 Å². The van der Waals surface area contributed by atoms with Gasteiger partial charge in [-0.3, -0.25) is 4.79 Å². The normalized spacial score (nSPS) is 13.5. The fraction of sp³-hybridized carbons (Fsp3) is 0.545. The second kappa shape index (κ2) is 11.0. The van der Waals surface area contributed by atoms with Gasteiger partial charge in [0.05, 0.1) is 17.2 Å². The van der Waals surface area contributed by atoms with Crippen molar-refractivity contribution in [1.82, 2.24) is 15.6 Å². The first-order valence-corrected chi connectivity index (χ1v) is 10.4. The van der Waals surface area contributed by atoms with Crippen molar-refractivity contribution in [1.29, 1.82) is 0 Å². The maximum atomic E-state index is 12.6. The van der Waals surface area contributed by atoms with Crippen LogP contribution in [0.1, 0.15) is 63.7 Å². The predicted octanol–water partition coefficient (Wildman–Crippen LogP) is 3.63. The van der Waals surface area contributed by atoms with Crippen LogP contribution in [-0.4, -0.2) is 35.7 Å². The van der Waals surface area contributed by atoms with Gasteiger partial charge >= 0.3 is 0 Å². The molecule has 28 heavy (non-hydrogen) atoms. The fourth-order valence-corrected chi connectivity index (χ4v) is 3.34. The molecule has 2 rings (SSSR count). The molecule has 0 aliphatic rings. The number of nitrogens with zero attached hydrogens (tertiary/aromatic N) is 1. The molecule has 5 N–H and O–H groups in total. The summed E-state index contributed by atoms with van der Waals surface area (Å²) in [6, 6.07) is 10.7. The molecule has 6 nitrogen and oxygen atoms in total. The summed E-state index contributed by atoms with van der Waals surface area (Å²) in [5.74, 6) is 0.396. The zero-order valence-electron chi connectivity index (χ0n) is 17.6. The molecule has 2 aromatic rings. The molecular formula is C22H35N5O. The number of carbonyl (C=O) groups is 1. The quantitative estimate of drug-likeness (QED) is 0.443. The smallest absolute Gasteiger partial charge is 0.256 e. The van der Waals surface area contributed by atoms with E-state index in [1.807, 2.05) is 30.3 Å². The average Bonchev–Trinajstić information content (AvgIpc) is 2.69. The molecule has 1 aromatic carbocycles. The number of hydrogen-bond acceptors (Lipinski definition) is 5. The minimum absolute atomic E-state index is 0.210. The number of fused-ring (bicyclic) bond motifs is 1. The summed E-state index contributed by atoms with van der Waals surface area (Å²) in [4.78, 5) is 17.3. The Kier molecular flexibility index (Phi) is 8.67. The highest BCUT2D eigenvalue weighted by molar-refractivity contribution is 6.02. The largest absolute Gasteiger partial charge is 0.369 e. The number of pyridine rings is 1. The molecular weight excluding hydrogens is 350 g/mol. The van der Waals surface area contributed by atoms with Crippen molar-refractivity contribution in [3.05, 3.63) is 35.9 Å². The van der Waals surface area contributed by atoms with Gasteiger partial charge in [-0.05, 0) is 44.7 Å². The van der Waals surface area contributed by atoms with Crippen LogP contribution in [0.15, 0.2) is 30.3 Å². The van der Waals surface area contributed by atoms with E-state index in [0.717, 1.165) is 43.1 Å². The Bertz CT molecular complexity index is 758. The van der Waals surface area contributed by atoms with Gasteiger partial charge in [-0.2, -0.15) is 0 Å². The number of rotatable bonds is 11. The molecule has 0 fully saturated rings. The van der Waals surface area contributed by atoms with Gasteiger partial charge in [0.2, 0.25) is 0 Å². The molecule has 6 heteroatoms. The molecule has 2 unspecified atom stereocenters. The van der Waals surface area contributed by atoms with E-state index >= 15 is 0 Å². The first-order chi connectivity index (χ1) is 13.5. The maximum Gasteiger partial charge on any atom is 0.256 e. The maximum absolute atomic E-state index is 12.6. The van der Waals surface area contributed by atoms with Crippen molar-refractivity contribution in [2.45, 2.75) is 71.6 Å². The molecule has 154 valence electrons. The van der Waals surface area contributed by atoms with Crippen LogP contribution in [0.25, 0.3) is 10.9 Å². The van der Waals surface area contributed by atoms with Crippen LogP contribution >= 0.6 is 0 Å². The van der Waals surface area contributed by atoms with Crippen LogP contribution in [0.2, 0.25) is 0 Å². The fourth-order valence-electron chi connectivity index (χ4n) is 3.34. The van der Waals surface area contributed by atoms with E-state index in [9.17, 15) is 4.79 Å². The van der Waals surface area contributed by atoms with Crippen LogP contribution in [0.5, 0.6) is 0 Å². The van der Waals surface area contributed by atoms with Crippen LogP contribution in [0.3, 0.4) is 0 Å². The molecule has 0 aliphatic heterocycles. The Labute approximate surface area is 168 Å². The number of aromatic nitrogens is 1. The lowest BCUT2D eigenvalue weighted by Gasteiger charge is -2.24. The van der Waals surface area contributed by atoms with E-state index in [2.05, 4.69) is 41.7 Å². The summed E-state index contributed by atoms with van der Waals surface area (Å²) in [7, 11) is 0. The Morgan fingerprint density at radius 3 is 2.43 bits per heavy atom. The zero-order chi connectivity index (χ0) is 20.5. The average molecular weight is 386 g/mol. The molecule has 0 spiro atoms. The van der Waals surface area contributed by atoms with E-state index in [1.165, 1.54) is 0 Å².